The Morgan fingerprint density at radius 2 is 1.39 bits per heavy atom. The molecule has 10 heterocycles. The molecule has 47 nitrogen and oxygen atoms in total. The monoisotopic (exact) mass is 1970 g/mol. The number of nitrogens with one attached hydrogen (secondary N) is 5. The number of benzene rings is 2. The zero-order valence-corrected chi connectivity index (χ0v) is 79.0. The summed E-state index contributed by atoms with van der Waals surface area (Å²) in [5.74, 6) is -13.1. The van der Waals surface area contributed by atoms with E-state index in [4.69, 9.17) is 111 Å². The number of hydrogen-bond donors (Lipinski definition) is 21. The van der Waals surface area contributed by atoms with Gasteiger partial charge in [-0.3, -0.25) is 77.0 Å². The van der Waals surface area contributed by atoms with E-state index in [0.29, 0.717) is 67.8 Å². The van der Waals surface area contributed by atoms with Gasteiger partial charge in [0.25, 0.3) is 11.5 Å². The number of phosphoric acid groups is 1. The fourth-order valence-corrected chi connectivity index (χ4v) is 20.2. The third-order valence-corrected chi connectivity index (χ3v) is 27.6. The number of aromatic nitrogens is 6. The summed E-state index contributed by atoms with van der Waals surface area (Å²) in [7, 11) is -5.07. The second-order valence-corrected chi connectivity index (χ2v) is 37.5. The molecule has 18 atom stereocenters. The summed E-state index contributed by atoms with van der Waals surface area (Å²) in [5.41, 5.74) is 43.8. The van der Waals surface area contributed by atoms with E-state index in [9.17, 15) is 77.2 Å². The number of nitrogens with zero attached hydrogens (tertiary/aromatic N) is 9. The Morgan fingerprint density at radius 1 is 0.781 bits per heavy atom. The summed E-state index contributed by atoms with van der Waals surface area (Å²) in [6.07, 6.45) is -6.20. The van der Waals surface area contributed by atoms with Gasteiger partial charge in [-0.15, -0.1) is 0 Å². The molecule has 1 unspecified atom stereocenters. The van der Waals surface area contributed by atoms with Crippen LogP contribution in [0.4, 0.5) is 11.6 Å². The zero-order chi connectivity index (χ0) is 101. The molecule has 0 spiro atoms. The minimum atomic E-state index is -5.07. The number of carbonyl (C=O) groups excluding carboxylic acids is 9. The number of aliphatic imine (C=N–C) groups is 3. The number of aryl methyl sites for hydroxylation is 2. The van der Waals surface area contributed by atoms with Gasteiger partial charge in [0.15, 0.2) is 29.3 Å². The molecule has 7 aliphatic heterocycles. The molecule has 5 aromatic rings. The fourth-order valence-electron chi connectivity index (χ4n) is 19.0. The summed E-state index contributed by atoms with van der Waals surface area (Å²) in [4.78, 5) is 197. The molecule has 8 amide bonds. The maximum Gasteiger partial charge on any atom is 3.00 e. The van der Waals surface area contributed by atoms with Crippen LogP contribution in [0.25, 0.3) is 22.2 Å². The van der Waals surface area contributed by atoms with Crippen LogP contribution in [-0.4, -0.2) is 232 Å². The van der Waals surface area contributed by atoms with Crippen LogP contribution in [0.3, 0.4) is 0 Å². The fraction of sp³-hybridized carbons (Fsp3) is 0.523. The van der Waals surface area contributed by atoms with E-state index in [-0.39, 0.29) is 136 Å². The van der Waals surface area contributed by atoms with Crippen LogP contribution < -0.4 is 67.0 Å². The van der Waals surface area contributed by atoms with Gasteiger partial charge in [-0.05, 0) is 138 Å². The number of carbonyl (C=O) groups is 11. The van der Waals surface area contributed by atoms with Crippen LogP contribution >= 0.6 is 7.82 Å². The van der Waals surface area contributed by atoms with Crippen molar-refractivity contribution in [2.45, 2.75) is 227 Å². The van der Waals surface area contributed by atoms with Crippen molar-refractivity contribution in [2.24, 2.45) is 94.7 Å². The number of aliphatic hydroxyl groups is 6. The van der Waals surface area contributed by atoms with Gasteiger partial charge < -0.3 is 133 Å². The van der Waals surface area contributed by atoms with Gasteiger partial charge in [0, 0.05) is 149 Å². The first-order chi connectivity index (χ1) is 63.6. The number of allylic oxidation sites excluding steroid dienone is 6. The number of esters is 1. The quantitative estimate of drug-likeness (QED) is 0.0153. The number of aliphatic carboxylic acids is 2. The third kappa shape index (κ3) is 24.2. The smallest absolute Gasteiger partial charge is 0.512 e. The van der Waals surface area contributed by atoms with Crippen LogP contribution in [0.5, 0.6) is 0 Å². The molecule has 49 heteroatoms. The first-order valence-electron chi connectivity index (χ1n) is 43.3. The minimum absolute atomic E-state index is 0. The number of rotatable bonds is 37. The summed E-state index contributed by atoms with van der Waals surface area (Å²) in [6.45, 7) is 23.6. The van der Waals surface area contributed by atoms with E-state index in [0.717, 1.165) is 11.1 Å². The number of imidazole rings is 1. The van der Waals surface area contributed by atoms with Crippen LogP contribution in [0, 0.1) is 71.0 Å². The van der Waals surface area contributed by atoms with E-state index >= 15 is 0 Å². The van der Waals surface area contributed by atoms with Crippen molar-refractivity contribution in [3.8, 4) is 0 Å². The number of carboxylic acid groups (broad SMARTS) is 2. The molecular formula is C88H117CoN21O26P+2. The van der Waals surface area contributed by atoms with E-state index < -0.39 is 209 Å². The van der Waals surface area contributed by atoms with Crippen molar-refractivity contribution in [1.29, 1.82) is 5.26 Å². The number of carboxylic acids is 2. The molecule has 8 bridgehead atoms. The predicted octanol–water partition coefficient (Wildman–Crippen LogP) is 1.80. The van der Waals surface area contributed by atoms with E-state index in [1.54, 1.807) is 16.7 Å². The maximum absolute atomic E-state index is 14.4. The Morgan fingerprint density at radius 3 is 1.96 bits per heavy atom. The van der Waals surface area contributed by atoms with Crippen molar-refractivity contribution < 1.29 is 138 Å². The molecule has 0 saturated carbocycles. The number of aliphatic hydroxyl groups excluding tert-OH is 6. The number of phosphoric ester groups is 1. The Balaban J connectivity index is 0.000000399. The minimum Gasteiger partial charge on any atom is -0.512 e. The maximum atomic E-state index is 14.4. The van der Waals surface area contributed by atoms with Gasteiger partial charge in [-0.2, -0.15) is 4.98 Å². The SMILES string of the molecule is C/C1=C2N=C(/C=C3\N/C(=C(/C)C4=N[C@@](C)([C@@H]5N=C1[C@](C)(CCC(=O)NC[C@@H](C)OP(=O)(O)O[C@H]1[C@@H](O)[C@@H](n6cnc7cc(C)c(C)cc76)O[C@@H]1CO)[C@H]5CC(N)=O)[C@@](C)(CC(N)=O)[C@@H]4CCC(N)=O)[C@@](C)(CC(N)=O)[C@@H]3CCC(N)=O)C(C)(C)[C@@H]/2CCC(N)=O.Nc1nc2ncc(CNc3ccc(C(=O)N[C@@H](CCC(=O)O)C(=O)O)cc3)nc2c(=O)[nH]1.O=C1O[C@H]([C@@H](O)CO)C(O)=C1O.[C-]#N.[Co+3]. The van der Waals surface area contributed by atoms with Crippen LogP contribution in [0.15, 0.2) is 115 Å². The molecule has 28 N–H and O–H groups in total. The average Bonchev–Trinajstić information content (AvgIpc) is 1.52. The number of nitrogens with two attached hydrogens (primary N) is 7. The molecule has 0 radical (unpaired) electrons. The standard InChI is InChI=1S/C62H90N13O14P.C19H19N7O6.C6H8O6.CN.Co/c1-29-20-39-40(21-30(29)2)75(28-70-39)57-52(84)53(41(27-76)87-57)89-90(85,86)88-31(3)26-69-49(83)18-19-59(8)37(22-46(66)80)56-62(11)61(10,25-48(68)82)36(14-17-45(65)79)51(74-62)33(5)55-60(9,24-47(67)81)34(12-15-43(63)77)38(71-55)23-42-58(6,7)35(13-16-44(64)78)50(72-42)32(4)54(59)73-56;20-19-25-15-14(17(30)26-19)23-11(8-22-15)7-21-10-3-1-9(2-4-10)16(29)24-12(18(31)32)5-6-13(27)28;7-1-2(8)5-3(9)4(10)6(11)12-5;1-2;/h20-21,23,28,31,34-37,41,52-53,56-57,71,76,84H,12-19,22,24-27H2,1-11H3,(H2,63,77)(H2,64,78)(H2,65,79)(H2,66,80)(H2,67,81)(H2,68,82)(H,69,83)(H,85,86);1-4,8,12,21H,5-7H2,(H,24,29)(H,27,28)(H,31,32)(H3,20,22,25,26,30);2,5,7-10H,1H2;;/q;;;-1;+3/b38-23-,50-32-,55-33-;;;;/t31-,34-,35-,36-,37+,41-,52-,53-,56-,57+,59-,60+,61+,62+;12-;2-,5+;;/m100../s1. The summed E-state index contributed by atoms with van der Waals surface area (Å²) >= 11 is 0. The van der Waals surface area contributed by atoms with Gasteiger partial charge >= 0.3 is 42.5 Å². The molecule has 3 aromatic heterocycles. The Hall–Kier alpha value is -12.8. The topological polar surface area (TPSA) is 804 Å². The number of H-pyrrole nitrogens is 1. The van der Waals surface area contributed by atoms with Crippen LogP contribution in [0.1, 0.15) is 179 Å². The first kappa shape index (κ1) is 109. The summed E-state index contributed by atoms with van der Waals surface area (Å²) in [6, 6.07) is 7.56. The Kier molecular flexibility index (Phi) is 35.6. The molecule has 2 fully saturated rings. The van der Waals surface area contributed by atoms with Crippen LogP contribution in [0.2, 0.25) is 0 Å². The van der Waals surface area contributed by atoms with Gasteiger partial charge in [0.05, 0.1) is 66.7 Å². The number of hydrogen-bond acceptors (Lipinski definition) is 34. The molecule has 12 rings (SSSR count). The van der Waals surface area contributed by atoms with Crippen molar-refractivity contribution >= 4 is 124 Å². The van der Waals surface area contributed by atoms with Gasteiger partial charge in [-0.25, -0.2) is 29.1 Å². The molecule has 2 aromatic carbocycles. The molecule has 0 aliphatic carbocycles. The van der Waals surface area contributed by atoms with Crippen molar-refractivity contribution in [2.75, 3.05) is 30.8 Å². The molecule has 137 heavy (non-hydrogen) atoms. The predicted molar refractivity (Wildman–Crippen MR) is 486 cm³/mol. The largest absolute Gasteiger partial charge is 3.00 e. The number of anilines is 2. The molecule has 2 saturated heterocycles. The summed E-state index contributed by atoms with van der Waals surface area (Å²) in [5, 5.41) is 92.7. The zero-order valence-electron chi connectivity index (χ0n) is 77.0. The van der Waals surface area contributed by atoms with Gasteiger partial charge in [-0.1, -0.05) is 34.6 Å². The van der Waals surface area contributed by atoms with E-state index in [1.807, 2.05) is 87.4 Å². The number of nitrogen functional groups attached to an aromatic ring is 1. The molecular weight excluding hydrogens is 1860 g/mol. The normalized spacial score (nSPS) is 27.5. The number of cyclic esters (lactones) is 1. The average molecular weight is 1970 g/mol. The van der Waals surface area contributed by atoms with E-state index in [2.05, 4.69) is 50.9 Å². The Bertz CT molecular complexity index is 5890. The number of ether oxygens (including phenoxy) is 2. The first-order valence-corrected chi connectivity index (χ1v) is 44.8. The van der Waals surface area contributed by atoms with Gasteiger partial charge in [0.2, 0.25) is 53.1 Å². The number of aromatic amines is 1. The Labute approximate surface area is 795 Å². The second-order valence-electron chi connectivity index (χ2n) is 36.1. The molecule has 7 aliphatic rings. The number of amides is 8. The van der Waals surface area contributed by atoms with Crippen LogP contribution in [-0.2, 0) is 94.4 Å². The second kappa shape index (κ2) is 44.5. The number of fused-ring (bicyclic) bond motifs is 8. The van der Waals surface area contributed by atoms with Gasteiger partial charge in [0.1, 0.15) is 30.5 Å². The number of primary amides is 6. The van der Waals surface area contributed by atoms with Crippen molar-refractivity contribution in [1.82, 2.24) is 45.4 Å². The third-order valence-electron chi connectivity index (χ3n) is 26.4. The molecule has 742 valence electrons. The van der Waals surface area contributed by atoms with Crippen molar-refractivity contribution in [3.63, 3.8) is 0 Å². The van der Waals surface area contributed by atoms with Crippen molar-refractivity contribution in [3.05, 3.63) is 134 Å². The van der Waals surface area contributed by atoms with E-state index in [1.165, 1.54) is 31.6 Å². The summed E-state index contributed by atoms with van der Waals surface area (Å²) < 4.78 is 36.6.